The molecule has 2 aromatic heterocycles. The van der Waals surface area contributed by atoms with E-state index in [1.165, 1.54) is 0 Å². The van der Waals surface area contributed by atoms with Crippen LogP contribution in [0.5, 0.6) is 0 Å². The van der Waals surface area contributed by atoms with Gasteiger partial charge in [0.15, 0.2) is 0 Å². The van der Waals surface area contributed by atoms with Gasteiger partial charge in [-0.2, -0.15) is 0 Å². The number of H-pyrrole nitrogens is 2. The van der Waals surface area contributed by atoms with E-state index >= 15 is 0 Å². The van der Waals surface area contributed by atoms with E-state index in [0.29, 0.717) is 0 Å². The zero-order valence-electron chi connectivity index (χ0n) is 12.0. The van der Waals surface area contributed by atoms with Crippen LogP contribution >= 0.6 is 11.3 Å². The van der Waals surface area contributed by atoms with Crippen molar-refractivity contribution in [2.24, 2.45) is 0 Å². The predicted octanol–water partition coefficient (Wildman–Crippen LogP) is 1.81. The first-order chi connectivity index (χ1) is 10.8. The third-order valence-electron chi connectivity index (χ3n) is 3.83. The number of morpholine rings is 1. The molecule has 3 aromatic rings. The van der Waals surface area contributed by atoms with Gasteiger partial charge in [-0.1, -0.05) is 6.07 Å². The number of nitrogens with zero attached hydrogens (tertiary/aromatic N) is 2. The van der Waals surface area contributed by atoms with E-state index in [2.05, 4.69) is 20.2 Å². The highest BCUT2D eigenvalue weighted by Gasteiger charge is 2.13. The number of thiazole rings is 1. The average molecular weight is 316 g/mol. The van der Waals surface area contributed by atoms with Gasteiger partial charge in [-0.15, -0.1) is 11.3 Å². The van der Waals surface area contributed by atoms with Crippen molar-refractivity contribution in [3.05, 3.63) is 39.1 Å². The van der Waals surface area contributed by atoms with E-state index in [1.807, 2.05) is 18.2 Å². The molecule has 0 atom stereocenters. The topological polar surface area (TPSA) is 74.0 Å². The van der Waals surface area contributed by atoms with Crippen LogP contribution in [0.1, 0.15) is 5.01 Å². The van der Waals surface area contributed by atoms with E-state index in [1.54, 1.807) is 11.3 Å². The van der Waals surface area contributed by atoms with Crippen LogP contribution in [-0.2, 0) is 11.3 Å². The Labute approximate surface area is 130 Å². The van der Waals surface area contributed by atoms with Crippen LogP contribution in [0.25, 0.3) is 22.3 Å². The van der Waals surface area contributed by atoms with Gasteiger partial charge in [0, 0.05) is 24.0 Å². The summed E-state index contributed by atoms with van der Waals surface area (Å²) in [6, 6.07) is 5.85. The molecule has 1 aliphatic heterocycles. The van der Waals surface area contributed by atoms with Crippen LogP contribution in [0, 0.1) is 0 Å². The molecule has 7 heteroatoms. The van der Waals surface area contributed by atoms with Crippen molar-refractivity contribution in [1.82, 2.24) is 19.9 Å². The molecule has 1 fully saturated rings. The highest BCUT2D eigenvalue weighted by atomic mass is 32.1. The molecule has 0 saturated carbocycles. The van der Waals surface area contributed by atoms with Crippen molar-refractivity contribution >= 4 is 22.4 Å². The first kappa shape index (κ1) is 13.7. The Morgan fingerprint density at radius 1 is 1.23 bits per heavy atom. The average Bonchev–Trinajstić information content (AvgIpc) is 3.13. The minimum Gasteiger partial charge on any atom is -0.379 e. The molecule has 0 spiro atoms. The molecule has 22 heavy (non-hydrogen) atoms. The molecule has 0 bridgehead atoms. The fraction of sp³-hybridized carbons (Fsp3) is 0.333. The van der Waals surface area contributed by atoms with Gasteiger partial charge in [0.25, 0.3) is 0 Å². The van der Waals surface area contributed by atoms with E-state index in [9.17, 15) is 4.79 Å². The lowest BCUT2D eigenvalue weighted by atomic mass is 10.1. The number of aromatic amines is 2. The summed E-state index contributed by atoms with van der Waals surface area (Å²) in [7, 11) is 0. The number of rotatable bonds is 3. The van der Waals surface area contributed by atoms with Crippen LogP contribution in [0.3, 0.4) is 0 Å². The summed E-state index contributed by atoms with van der Waals surface area (Å²) in [6.07, 6.45) is 0. The van der Waals surface area contributed by atoms with Gasteiger partial charge in [-0.25, -0.2) is 9.78 Å². The highest BCUT2D eigenvalue weighted by Crippen LogP contribution is 2.25. The minimum absolute atomic E-state index is 0.182. The van der Waals surface area contributed by atoms with Crippen molar-refractivity contribution < 1.29 is 4.74 Å². The summed E-state index contributed by atoms with van der Waals surface area (Å²) >= 11 is 1.68. The summed E-state index contributed by atoms with van der Waals surface area (Å²) < 4.78 is 5.36. The maximum absolute atomic E-state index is 11.3. The summed E-state index contributed by atoms with van der Waals surface area (Å²) in [6.45, 7) is 4.40. The first-order valence-electron chi connectivity index (χ1n) is 7.25. The van der Waals surface area contributed by atoms with Gasteiger partial charge in [0.1, 0.15) is 5.01 Å². The van der Waals surface area contributed by atoms with Gasteiger partial charge < -0.3 is 14.7 Å². The number of fused-ring (bicyclic) bond motifs is 1. The van der Waals surface area contributed by atoms with Crippen molar-refractivity contribution in [3.63, 3.8) is 0 Å². The second-order valence-corrected chi connectivity index (χ2v) is 6.30. The normalized spacial score (nSPS) is 16.4. The third-order valence-corrected chi connectivity index (χ3v) is 4.66. The van der Waals surface area contributed by atoms with Crippen LogP contribution in [0.2, 0.25) is 0 Å². The van der Waals surface area contributed by atoms with Crippen LogP contribution in [-0.4, -0.2) is 46.2 Å². The lowest BCUT2D eigenvalue weighted by Crippen LogP contribution is -2.35. The molecular weight excluding hydrogens is 300 g/mol. The van der Waals surface area contributed by atoms with E-state index < -0.39 is 0 Å². The zero-order valence-corrected chi connectivity index (χ0v) is 12.8. The Hall–Kier alpha value is -1.96. The van der Waals surface area contributed by atoms with Gasteiger partial charge in [0.2, 0.25) is 0 Å². The van der Waals surface area contributed by atoms with Gasteiger partial charge in [-0.3, -0.25) is 4.90 Å². The molecular formula is C15H16N4O2S. The molecule has 0 unspecified atom stereocenters. The van der Waals surface area contributed by atoms with E-state index in [0.717, 1.165) is 60.1 Å². The van der Waals surface area contributed by atoms with Crippen molar-refractivity contribution in [1.29, 1.82) is 0 Å². The molecule has 1 aliphatic rings. The Kier molecular flexibility index (Phi) is 3.53. The summed E-state index contributed by atoms with van der Waals surface area (Å²) in [5.41, 5.74) is 3.42. The number of benzene rings is 1. The highest BCUT2D eigenvalue weighted by molar-refractivity contribution is 7.09. The van der Waals surface area contributed by atoms with Gasteiger partial charge in [0.05, 0.1) is 36.5 Å². The van der Waals surface area contributed by atoms with Crippen molar-refractivity contribution in [2.45, 2.75) is 6.54 Å². The number of nitrogens with one attached hydrogen (secondary N) is 2. The second-order valence-electron chi connectivity index (χ2n) is 5.35. The van der Waals surface area contributed by atoms with Gasteiger partial charge >= 0.3 is 5.69 Å². The van der Waals surface area contributed by atoms with Crippen LogP contribution < -0.4 is 5.69 Å². The zero-order chi connectivity index (χ0) is 14.9. The summed E-state index contributed by atoms with van der Waals surface area (Å²) in [4.78, 5) is 23.9. The Balaban J connectivity index is 1.57. The minimum atomic E-state index is -0.182. The lowest BCUT2D eigenvalue weighted by molar-refractivity contribution is 0.0342. The van der Waals surface area contributed by atoms with Crippen LogP contribution in [0.4, 0.5) is 0 Å². The lowest BCUT2D eigenvalue weighted by Gasteiger charge is -2.25. The smallest absolute Gasteiger partial charge is 0.323 e. The molecule has 114 valence electrons. The molecule has 1 saturated heterocycles. The second kappa shape index (κ2) is 5.68. The molecule has 3 heterocycles. The number of aromatic nitrogens is 3. The number of ether oxygens (including phenoxy) is 1. The Bertz CT molecular complexity index is 844. The van der Waals surface area contributed by atoms with Crippen molar-refractivity contribution in [2.75, 3.05) is 26.3 Å². The first-order valence-corrected chi connectivity index (χ1v) is 8.13. The van der Waals surface area contributed by atoms with Gasteiger partial charge in [-0.05, 0) is 12.1 Å². The Morgan fingerprint density at radius 2 is 2.05 bits per heavy atom. The fourth-order valence-corrected chi connectivity index (χ4v) is 3.50. The molecule has 0 aliphatic carbocycles. The number of hydrogen-bond acceptors (Lipinski definition) is 5. The number of hydrogen-bond donors (Lipinski definition) is 2. The Morgan fingerprint density at radius 3 is 2.91 bits per heavy atom. The van der Waals surface area contributed by atoms with E-state index in [4.69, 9.17) is 9.72 Å². The monoisotopic (exact) mass is 316 g/mol. The standard InChI is InChI=1S/C15H16N4O2S/c20-15-17-11-2-1-10(7-12(11)18-15)13-9-22-14(16-13)8-19-3-5-21-6-4-19/h1-2,7,9H,3-6,8H2,(H2,17,18,20). The largest absolute Gasteiger partial charge is 0.379 e. The maximum atomic E-state index is 11.3. The van der Waals surface area contributed by atoms with E-state index in [-0.39, 0.29) is 5.69 Å². The molecule has 4 rings (SSSR count). The maximum Gasteiger partial charge on any atom is 0.323 e. The molecule has 0 radical (unpaired) electrons. The summed E-state index contributed by atoms with van der Waals surface area (Å²) in [5.74, 6) is 0. The SMILES string of the molecule is O=c1[nH]c2ccc(-c3csc(CN4CCOCC4)n3)cc2[nH]1. The molecule has 0 amide bonds. The summed E-state index contributed by atoms with van der Waals surface area (Å²) in [5, 5.41) is 3.18. The fourth-order valence-electron chi connectivity index (χ4n) is 2.66. The third kappa shape index (κ3) is 2.70. The van der Waals surface area contributed by atoms with Crippen LogP contribution in [0.15, 0.2) is 28.4 Å². The predicted molar refractivity (Wildman–Crippen MR) is 86.1 cm³/mol. The molecule has 1 aromatic carbocycles. The molecule has 6 nitrogen and oxygen atoms in total. The molecule has 2 N–H and O–H groups in total. The van der Waals surface area contributed by atoms with Crippen molar-refractivity contribution in [3.8, 4) is 11.3 Å². The quantitative estimate of drug-likeness (QED) is 0.773. The number of imidazole rings is 1.